The van der Waals surface area contributed by atoms with Crippen LogP contribution in [0.3, 0.4) is 0 Å². The molecular formula is C58H101NO10. The van der Waals surface area contributed by atoms with Crippen molar-refractivity contribution < 1.29 is 49.3 Å². The largest absolute Gasteiger partial charge is 0.454 e. The summed E-state index contributed by atoms with van der Waals surface area (Å²) in [6.07, 6.45) is 46.6. The van der Waals surface area contributed by atoms with Crippen LogP contribution in [0.1, 0.15) is 220 Å². The van der Waals surface area contributed by atoms with Crippen LogP contribution < -0.4 is 5.32 Å². The number of aliphatic hydroxyl groups excluding tert-OH is 5. The van der Waals surface area contributed by atoms with Crippen LogP contribution >= 0.6 is 0 Å². The summed E-state index contributed by atoms with van der Waals surface area (Å²) in [6.45, 7) is 5.58. The molecule has 1 aliphatic heterocycles. The molecule has 8 atom stereocenters. The van der Waals surface area contributed by atoms with Gasteiger partial charge in [-0.25, -0.2) is 0 Å². The Balaban J connectivity index is 2.79. The summed E-state index contributed by atoms with van der Waals surface area (Å²) in [4.78, 5) is 26.4. The van der Waals surface area contributed by atoms with Crippen LogP contribution in [-0.4, -0.2) is 99.6 Å². The second-order valence-electron chi connectivity index (χ2n) is 19.0. The van der Waals surface area contributed by atoms with Gasteiger partial charge < -0.3 is 45.1 Å². The SMILES string of the molecule is CC/C=C/C=C/C=C\C=C/CCCCC(O)C(=O)NC(COC1OC(CO)C(O)C(O)C1OC(=O)CCCCCCCCC/C=C\CCCCCC)C(O)/C=C/CCCCCCCCCCCCC. The number of aliphatic hydroxyl groups is 5. The standard InChI is InChI=1S/C58H101NO10/c1-4-7-10-13-16-19-22-25-26-28-31-34-37-40-43-46-53(63)69-56-55(65)54(64)52(47-60)68-58(56)67-48-49(50(61)44-41-38-35-32-30-27-23-20-17-14-11-8-5-2)59-57(66)51(62)45-42-39-36-33-29-24-21-18-15-12-9-6-3/h9,12,15,18-19,21-22,24,29,33,41,44,49-52,54-56,58,60-62,64-65H,4-8,10-11,13-14,16-17,20,23,25-28,30-32,34-40,42-43,45-48H2,1-3H3,(H,59,66)/b12-9+,18-15+,22-19-,24-21-,33-29-,44-41+. The average molecular weight is 972 g/mol. The first kappa shape index (κ1) is 64.1. The fourth-order valence-corrected chi connectivity index (χ4v) is 8.24. The van der Waals surface area contributed by atoms with Crippen molar-refractivity contribution in [2.45, 2.75) is 269 Å². The second kappa shape index (κ2) is 46.2. The Labute approximate surface area is 420 Å². The minimum absolute atomic E-state index is 0.111. The topological polar surface area (TPSA) is 175 Å². The molecule has 1 aliphatic rings. The zero-order chi connectivity index (χ0) is 50.4. The third-order valence-electron chi connectivity index (χ3n) is 12.7. The van der Waals surface area contributed by atoms with E-state index in [0.29, 0.717) is 12.8 Å². The van der Waals surface area contributed by atoms with Gasteiger partial charge in [0, 0.05) is 6.42 Å². The Hall–Kier alpha value is -2.90. The predicted octanol–water partition coefficient (Wildman–Crippen LogP) is 12.1. The van der Waals surface area contributed by atoms with E-state index in [1.54, 1.807) is 6.08 Å². The van der Waals surface area contributed by atoms with Crippen LogP contribution in [0.5, 0.6) is 0 Å². The van der Waals surface area contributed by atoms with Crippen molar-refractivity contribution in [2.75, 3.05) is 13.2 Å². The molecule has 0 spiro atoms. The summed E-state index contributed by atoms with van der Waals surface area (Å²) in [5.74, 6) is -1.24. The molecule has 1 fully saturated rings. The van der Waals surface area contributed by atoms with Crippen molar-refractivity contribution in [3.63, 3.8) is 0 Å². The Morgan fingerprint density at radius 1 is 0.580 bits per heavy atom. The maximum Gasteiger partial charge on any atom is 0.306 e. The fraction of sp³-hybridized carbons (Fsp3) is 0.759. The van der Waals surface area contributed by atoms with Crippen LogP contribution in [0.4, 0.5) is 0 Å². The molecule has 1 saturated heterocycles. The number of allylic oxidation sites excluding steroid dienone is 11. The number of esters is 1. The third-order valence-corrected chi connectivity index (χ3v) is 12.7. The van der Waals surface area contributed by atoms with Gasteiger partial charge in [0.05, 0.1) is 25.4 Å². The minimum atomic E-state index is -1.62. The summed E-state index contributed by atoms with van der Waals surface area (Å²) in [5, 5.41) is 56.7. The number of rotatable bonds is 45. The zero-order valence-electron chi connectivity index (χ0n) is 43.7. The van der Waals surface area contributed by atoms with Crippen molar-refractivity contribution in [3.05, 3.63) is 72.9 Å². The molecule has 11 heteroatoms. The number of carbonyl (C=O) groups is 2. The van der Waals surface area contributed by atoms with Crippen molar-refractivity contribution in [3.8, 4) is 0 Å². The van der Waals surface area contributed by atoms with Crippen LogP contribution in [0, 0.1) is 0 Å². The second-order valence-corrected chi connectivity index (χ2v) is 19.0. The van der Waals surface area contributed by atoms with E-state index in [1.165, 1.54) is 96.3 Å². The van der Waals surface area contributed by atoms with Gasteiger partial charge in [0.25, 0.3) is 0 Å². The van der Waals surface area contributed by atoms with Crippen molar-refractivity contribution >= 4 is 11.9 Å². The molecule has 6 N–H and O–H groups in total. The van der Waals surface area contributed by atoms with Crippen molar-refractivity contribution in [1.82, 2.24) is 5.32 Å². The molecule has 0 radical (unpaired) electrons. The molecule has 398 valence electrons. The van der Waals surface area contributed by atoms with Gasteiger partial charge in [-0.05, 0) is 70.6 Å². The zero-order valence-corrected chi connectivity index (χ0v) is 43.7. The van der Waals surface area contributed by atoms with E-state index >= 15 is 0 Å². The maximum atomic E-state index is 13.3. The van der Waals surface area contributed by atoms with E-state index in [-0.39, 0.29) is 19.4 Å². The quantitative estimate of drug-likeness (QED) is 0.0149. The molecule has 11 nitrogen and oxygen atoms in total. The summed E-state index contributed by atoms with van der Waals surface area (Å²) in [7, 11) is 0. The molecule has 1 amide bonds. The van der Waals surface area contributed by atoms with Gasteiger partial charge >= 0.3 is 5.97 Å². The lowest BCUT2D eigenvalue weighted by molar-refractivity contribution is -0.305. The monoisotopic (exact) mass is 972 g/mol. The van der Waals surface area contributed by atoms with Gasteiger partial charge in [0.1, 0.15) is 24.4 Å². The number of carbonyl (C=O) groups excluding carboxylic acids is 2. The van der Waals surface area contributed by atoms with Gasteiger partial charge in [0.15, 0.2) is 12.4 Å². The van der Waals surface area contributed by atoms with Crippen molar-refractivity contribution in [2.24, 2.45) is 0 Å². The number of nitrogens with one attached hydrogen (secondary N) is 1. The summed E-state index contributed by atoms with van der Waals surface area (Å²) in [6, 6.07) is -1.05. The van der Waals surface area contributed by atoms with Crippen LogP contribution in [0.15, 0.2) is 72.9 Å². The Morgan fingerprint density at radius 2 is 1.06 bits per heavy atom. The highest BCUT2D eigenvalue weighted by Crippen LogP contribution is 2.26. The highest BCUT2D eigenvalue weighted by atomic mass is 16.7. The van der Waals surface area contributed by atoms with E-state index in [2.05, 4.69) is 44.3 Å². The lowest BCUT2D eigenvalue weighted by Crippen LogP contribution is -2.61. The molecule has 0 saturated carbocycles. The van der Waals surface area contributed by atoms with E-state index in [0.717, 1.165) is 77.0 Å². The van der Waals surface area contributed by atoms with Gasteiger partial charge in [-0.15, -0.1) is 0 Å². The van der Waals surface area contributed by atoms with Gasteiger partial charge in [-0.2, -0.15) is 0 Å². The Morgan fingerprint density at radius 3 is 1.62 bits per heavy atom. The number of unbranched alkanes of at least 4 members (excludes halogenated alkanes) is 24. The lowest BCUT2D eigenvalue weighted by Gasteiger charge is -2.41. The molecule has 0 bridgehead atoms. The first-order valence-electron chi connectivity index (χ1n) is 27.8. The van der Waals surface area contributed by atoms with E-state index in [9.17, 15) is 35.1 Å². The molecule has 1 heterocycles. The third kappa shape index (κ3) is 35.0. The fourth-order valence-electron chi connectivity index (χ4n) is 8.24. The van der Waals surface area contributed by atoms with Crippen LogP contribution in [0.2, 0.25) is 0 Å². The van der Waals surface area contributed by atoms with Crippen LogP contribution in [0.25, 0.3) is 0 Å². The highest BCUT2D eigenvalue weighted by Gasteiger charge is 2.47. The molecule has 1 rings (SSSR count). The number of hydrogen-bond acceptors (Lipinski definition) is 10. The van der Waals surface area contributed by atoms with Gasteiger partial charge in [0.2, 0.25) is 5.91 Å². The van der Waals surface area contributed by atoms with E-state index in [4.69, 9.17) is 14.2 Å². The van der Waals surface area contributed by atoms with E-state index < -0.39 is 67.4 Å². The van der Waals surface area contributed by atoms with Gasteiger partial charge in [-0.3, -0.25) is 9.59 Å². The summed E-state index contributed by atoms with van der Waals surface area (Å²) >= 11 is 0. The minimum Gasteiger partial charge on any atom is -0.454 e. The average Bonchev–Trinajstić information content (AvgIpc) is 3.34. The number of hydrogen-bond donors (Lipinski definition) is 6. The molecule has 0 aromatic heterocycles. The van der Waals surface area contributed by atoms with Gasteiger partial charge in [-0.1, -0.05) is 216 Å². The number of ether oxygens (including phenoxy) is 3. The van der Waals surface area contributed by atoms with E-state index in [1.807, 2.05) is 48.6 Å². The lowest BCUT2D eigenvalue weighted by atomic mass is 9.99. The highest BCUT2D eigenvalue weighted by molar-refractivity contribution is 5.80. The molecule has 0 aromatic carbocycles. The first-order chi connectivity index (χ1) is 33.7. The molecule has 0 aromatic rings. The smallest absolute Gasteiger partial charge is 0.306 e. The summed E-state index contributed by atoms with van der Waals surface area (Å²) < 4.78 is 17.5. The Bertz CT molecular complexity index is 1390. The predicted molar refractivity (Wildman–Crippen MR) is 283 cm³/mol. The molecule has 0 aliphatic carbocycles. The van der Waals surface area contributed by atoms with Crippen molar-refractivity contribution in [1.29, 1.82) is 0 Å². The molecule has 69 heavy (non-hydrogen) atoms. The molecule has 8 unspecified atom stereocenters. The van der Waals surface area contributed by atoms with Crippen LogP contribution in [-0.2, 0) is 23.8 Å². The Kier molecular flexibility index (Phi) is 42.9. The maximum absolute atomic E-state index is 13.3. The summed E-state index contributed by atoms with van der Waals surface area (Å²) in [5.41, 5.74) is 0. The normalized spacial score (nSPS) is 20.4. The molecular weight excluding hydrogens is 871 g/mol. The number of amides is 1. The first-order valence-corrected chi connectivity index (χ1v) is 27.8.